The minimum Gasteiger partial charge on any atom is -0.493 e. The number of rotatable bonds is 5. The molecule has 1 N–H and O–H groups in total. The number of nitrogens with one attached hydrogen (secondary N) is 1. The number of hydrogen-bond donors (Lipinski definition) is 1. The van der Waals surface area contributed by atoms with Gasteiger partial charge in [-0.05, 0) is 12.8 Å². The van der Waals surface area contributed by atoms with Gasteiger partial charge in [0, 0.05) is 12.1 Å². The number of ether oxygens (including phenoxy) is 2. The molecular weight excluding hydrogens is 224 g/mol. The lowest BCUT2D eigenvalue weighted by molar-refractivity contribution is -0.384. The molecule has 1 aromatic carbocycles. The van der Waals surface area contributed by atoms with Gasteiger partial charge in [-0.15, -0.1) is 0 Å². The first-order valence-electron chi connectivity index (χ1n) is 5.32. The van der Waals surface area contributed by atoms with Crippen LogP contribution in [0.5, 0.6) is 11.5 Å². The number of benzene rings is 1. The fraction of sp³-hybridized carbons (Fsp3) is 0.455. The van der Waals surface area contributed by atoms with Crippen molar-refractivity contribution in [2.24, 2.45) is 0 Å². The van der Waals surface area contributed by atoms with E-state index >= 15 is 0 Å². The molecule has 17 heavy (non-hydrogen) atoms. The van der Waals surface area contributed by atoms with E-state index < -0.39 is 4.92 Å². The minimum atomic E-state index is -0.424. The van der Waals surface area contributed by atoms with Crippen molar-refractivity contribution in [2.75, 3.05) is 19.5 Å². The quantitative estimate of drug-likeness (QED) is 0.628. The van der Waals surface area contributed by atoms with E-state index in [2.05, 4.69) is 5.32 Å². The molecule has 0 spiro atoms. The molecule has 1 saturated carbocycles. The topological polar surface area (TPSA) is 73.6 Å². The van der Waals surface area contributed by atoms with E-state index in [0.29, 0.717) is 23.2 Å². The van der Waals surface area contributed by atoms with Gasteiger partial charge in [-0.1, -0.05) is 0 Å². The van der Waals surface area contributed by atoms with Crippen molar-refractivity contribution in [3.8, 4) is 11.5 Å². The van der Waals surface area contributed by atoms with Crippen LogP contribution >= 0.6 is 0 Å². The molecule has 1 aliphatic rings. The summed E-state index contributed by atoms with van der Waals surface area (Å²) in [5.41, 5.74) is 0.490. The zero-order chi connectivity index (χ0) is 12.4. The van der Waals surface area contributed by atoms with Gasteiger partial charge in [0.25, 0.3) is 5.69 Å². The van der Waals surface area contributed by atoms with Gasteiger partial charge in [-0.25, -0.2) is 0 Å². The summed E-state index contributed by atoms with van der Waals surface area (Å²) in [7, 11) is 2.96. The largest absolute Gasteiger partial charge is 0.493 e. The number of nitro benzene ring substituents is 1. The molecular formula is C11H14N2O4. The molecule has 0 unspecified atom stereocenters. The monoisotopic (exact) mass is 238 g/mol. The molecule has 0 aromatic heterocycles. The smallest absolute Gasteiger partial charge is 0.296 e. The Morgan fingerprint density at radius 2 is 1.88 bits per heavy atom. The summed E-state index contributed by atoms with van der Waals surface area (Å²) in [6.45, 7) is 0. The van der Waals surface area contributed by atoms with Crippen LogP contribution < -0.4 is 14.8 Å². The first-order valence-corrected chi connectivity index (χ1v) is 5.32. The molecule has 0 saturated heterocycles. The lowest BCUT2D eigenvalue weighted by Gasteiger charge is -2.11. The van der Waals surface area contributed by atoms with Crippen LogP contribution in [0, 0.1) is 10.1 Å². The van der Waals surface area contributed by atoms with Crippen LogP contribution in [-0.4, -0.2) is 25.2 Å². The summed E-state index contributed by atoms with van der Waals surface area (Å²) >= 11 is 0. The molecule has 2 rings (SSSR count). The Morgan fingerprint density at radius 1 is 1.29 bits per heavy atom. The van der Waals surface area contributed by atoms with Gasteiger partial charge in [-0.3, -0.25) is 10.1 Å². The Bertz CT molecular complexity index is 443. The number of nitrogens with zero attached hydrogens (tertiary/aromatic N) is 1. The number of methoxy groups -OCH3 is 2. The molecule has 0 amide bonds. The van der Waals surface area contributed by atoms with Gasteiger partial charge < -0.3 is 14.8 Å². The van der Waals surface area contributed by atoms with Crippen LogP contribution in [0.25, 0.3) is 0 Å². The summed E-state index contributed by atoms with van der Waals surface area (Å²) in [6, 6.07) is 3.32. The molecule has 0 atom stereocenters. The number of nitro groups is 1. The SMILES string of the molecule is COc1cc(NC2CC2)c([N+](=O)[O-])cc1OC. The van der Waals surface area contributed by atoms with E-state index in [1.807, 2.05) is 0 Å². The molecule has 92 valence electrons. The van der Waals surface area contributed by atoms with E-state index in [1.165, 1.54) is 20.3 Å². The fourth-order valence-electron chi connectivity index (χ4n) is 1.58. The third kappa shape index (κ3) is 2.41. The first-order chi connectivity index (χ1) is 8.15. The van der Waals surface area contributed by atoms with E-state index in [0.717, 1.165) is 12.8 Å². The Balaban J connectivity index is 2.41. The highest BCUT2D eigenvalue weighted by atomic mass is 16.6. The number of anilines is 1. The Morgan fingerprint density at radius 3 is 2.35 bits per heavy atom. The average molecular weight is 238 g/mol. The molecule has 1 fully saturated rings. The molecule has 0 aliphatic heterocycles. The van der Waals surface area contributed by atoms with Gasteiger partial charge in [0.15, 0.2) is 11.5 Å². The molecule has 6 nitrogen and oxygen atoms in total. The lowest BCUT2D eigenvalue weighted by Crippen LogP contribution is -2.05. The summed E-state index contributed by atoms with van der Waals surface area (Å²) in [5.74, 6) is 0.849. The highest BCUT2D eigenvalue weighted by Crippen LogP contribution is 2.39. The third-order valence-corrected chi connectivity index (χ3v) is 2.64. The van der Waals surface area contributed by atoms with Crippen LogP contribution in [0.3, 0.4) is 0 Å². The second kappa shape index (κ2) is 4.48. The van der Waals surface area contributed by atoms with Crippen molar-refractivity contribution in [3.63, 3.8) is 0 Å². The molecule has 1 aliphatic carbocycles. The Hall–Kier alpha value is -1.98. The predicted octanol–water partition coefficient (Wildman–Crippen LogP) is 2.19. The van der Waals surface area contributed by atoms with Crippen molar-refractivity contribution < 1.29 is 14.4 Å². The van der Waals surface area contributed by atoms with Gasteiger partial charge in [-0.2, -0.15) is 0 Å². The molecule has 6 heteroatoms. The van der Waals surface area contributed by atoms with E-state index in [4.69, 9.17) is 9.47 Å². The molecule has 0 bridgehead atoms. The fourth-order valence-corrected chi connectivity index (χ4v) is 1.58. The van der Waals surface area contributed by atoms with Gasteiger partial charge in [0.2, 0.25) is 0 Å². The van der Waals surface area contributed by atoms with Crippen LogP contribution in [0.15, 0.2) is 12.1 Å². The van der Waals surface area contributed by atoms with Crippen molar-refractivity contribution >= 4 is 11.4 Å². The molecule has 0 heterocycles. The van der Waals surface area contributed by atoms with Crippen LogP contribution in [0.1, 0.15) is 12.8 Å². The predicted molar refractivity (Wildman–Crippen MR) is 62.8 cm³/mol. The number of hydrogen-bond acceptors (Lipinski definition) is 5. The standard InChI is InChI=1S/C11H14N2O4/c1-16-10-5-8(12-7-3-4-7)9(13(14)15)6-11(10)17-2/h5-7,12H,3-4H2,1-2H3. The third-order valence-electron chi connectivity index (χ3n) is 2.64. The maximum atomic E-state index is 11.0. The zero-order valence-electron chi connectivity index (χ0n) is 9.73. The van der Waals surface area contributed by atoms with Crippen LogP contribution in [0.4, 0.5) is 11.4 Å². The normalized spacial score (nSPS) is 14.2. The maximum absolute atomic E-state index is 11.0. The van der Waals surface area contributed by atoms with Crippen molar-refractivity contribution in [1.29, 1.82) is 0 Å². The highest BCUT2D eigenvalue weighted by molar-refractivity contribution is 5.69. The Labute approximate surface area is 98.7 Å². The van der Waals surface area contributed by atoms with Crippen molar-refractivity contribution in [2.45, 2.75) is 18.9 Å². The van der Waals surface area contributed by atoms with Gasteiger partial charge >= 0.3 is 0 Å². The van der Waals surface area contributed by atoms with Crippen LogP contribution in [-0.2, 0) is 0 Å². The summed E-state index contributed by atoms with van der Waals surface area (Å²) in [6.07, 6.45) is 2.09. The second-order valence-electron chi connectivity index (χ2n) is 3.90. The second-order valence-corrected chi connectivity index (χ2v) is 3.90. The summed E-state index contributed by atoms with van der Waals surface area (Å²) in [5, 5.41) is 14.1. The minimum absolute atomic E-state index is 0.00884. The Kier molecular flexibility index (Phi) is 3.03. The van der Waals surface area contributed by atoms with Crippen molar-refractivity contribution in [3.05, 3.63) is 22.2 Å². The van der Waals surface area contributed by atoms with Gasteiger partial charge in [0.05, 0.1) is 25.2 Å². The van der Waals surface area contributed by atoms with Crippen molar-refractivity contribution in [1.82, 2.24) is 0 Å². The average Bonchev–Trinajstić information content (AvgIpc) is 3.12. The zero-order valence-corrected chi connectivity index (χ0v) is 9.73. The van der Waals surface area contributed by atoms with E-state index in [-0.39, 0.29) is 5.69 Å². The lowest BCUT2D eigenvalue weighted by atomic mass is 10.2. The van der Waals surface area contributed by atoms with Gasteiger partial charge in [0.1, 0.15) is 5.69 Å². The summed E-state index contributed by atoms with van der Waals surface area (Å²) in [4.78, 5) is 10.5. The molecule has 0 radical (unpaired) electrons. The van der Waals surface area contributed by atoms with E-state index in [1.54, 1.807) is 6.07 Å². The highest BCUT2D eigenvalue weighted by Gasteiger charge is 2.26. The summed E-state index contributed by atoms with van der Waals surface area (Å²) < 4.78 is 10.2. The first kappa shape index (κ1) is 11.5. The maximum Gasteiger partial charge on any atom is 0.296 e. The molecule has 1 aromatic rings. The van der Waals surface area contributed by atoms with E-state index in [9.17, 15) is 10.1 Å². The van der Waals surface area contributed by atoms with Crippen LogP contribution in [0.2, 0.25) is 0 Å².